The van der Waals surface area contributed by atoms with E-state index in [9.17, 15) is 9.59 Å². The maximum Gasteiger partial charge on any atom is 0.368 e. The Balaban J connectivity index is 1.99. The van der Waals surface area contributed by atoms with E-state index >= 15 is 0 Å². The van der Waals surface area contributed by atoms with E-state index < -0.39 is 5.69 Å². The molecule has 1 aromatic carbocycles. The van der Waals surface area contributed by atoms with Gasteiger partial charge in [0.15, 0.2) is 10.8 Å². The first-order valence-electron chi connectivity index (χ1n) is 7.62. The largest absolute Gasteiger partial charge is 0.449 e. The highest BCUT2D eigenvalue weighted by Gasteiger charge is 2.20. The smallest absolute Gasteiger partial charge is 0.368 e. The third kappa shape index (κ3) is 3.40. The van der Waals surface area contributed by atoms with Crippen LogP contribution in [0.5, 0.6) is 0 Å². The number of ether oxygens (including phenoxy) is 1. The highest BCUT2D eigenvalue weighted by atomic mass is 35.5. The lowest BCUT2D eigenvalue weighted by Gasteiger charge is -2.16. The number of carbonyl (C=O) groups excluding carboxylic acids is 1. The minimum Gasteiger partial charge on any atom is -0.449 e. The van der Waals surface area contributed by atoms with E-state index in [4.69, 9.17) is 28.6 Å². The van der Waals surface area contributed by atoms with Crippen molar-refractivity contribution >= 4 is 34.7 Å². The van der Waals surface area contributed by atoms with Gasteiger partial charge in [0.05, 0.1) is 10.7 Å². The summed E-state index contributed by atoms with van der Waals surface area (Å²) < 4.78 is 7.92. The van der Waals surface area contributed by atoms with Crippen LogP contribution in [0.15, 0.2) is 28.8 Å². The van der Waals surface area contributed by atoms with Gasteiger partial charge in [-0.1, -0.05) is 11.6 Å². The lowest BCUT2D eigenvalue weighted by Crippen LogP contribution is -2.23. The summed E-state index contributed by atoms with van der Waals surface area (Å²) in [4.78, 5) is 23.6. The third-order valence-corrected chi connectivity index (χ3v) is 4.54. The molecule has 3 rings (SSSR count). The molecule has 0 saturated heterocycles. The molecule has 2 aromatic rings. The highest BCUT2D eigenvalue weighted by Crippen LogP contribution is 2.27. The number of halogens is 1. The Bertz CT molecular complexity index is 961. The van der Waals surface area contributed by atoms with Crippen molar-refractivity contribution in [2.75, 3.05) is 0 Å². The fourth-order valence-electron chi connectivity index (χ4n) is 2.62. The zero-order valence-electron chi connectivity index (χ0n) is 13.7. The van der Waals surface area contributed by atoms with Gasteiger partial charge in [-0.15, -0.1) is 0 Å². The maximum atomic E-state index is 12.1. The Kier molecular flexibility index (Phi) is 4.82. The Morgan fingerprint density at radius 2 is 2.04 bits per heavy atom. The van der Waals surface area contributed by atoms with Crippen molar-refractivity contribution in [1.29, 1.82) is 0 Å². The Hall–Kier alpha value is -2.32. The molecule has 130 valence electrons. The van der Waals surface area contributed by atoms with E-state index in [1.807, 2.05) is 0 Å². The molecule has 7 nitrogen and oxygen atoms in total. The minimum absolute atomic E-state index is 0.0312. The number of carbonyl (C=O) groups is 1. The van der Waals surface area contributed by atoms with Crippen molar-refractivity contribution in [2.24, 2.45) is 7.05 Å². The molecule has 0 amide bonds. The molecule has 1 aliphatic rings. The van der Waals surface area contributed by atoms with Crippen LogP contribution in [-0.2, 0) is 16.6 Å². The van der Waals surface area contributed by atoms with E-state index in [-0.39, 0.29) is 10.8 Å². The number of benzene rings is 1. The molecular weight excluding hydrogens is 364 g/mol. The SMILES string of the molecule is Cc1c(C(=S)OC2=CC(=O)CCC2)ccc(Cl)c1-n1nnn(C)c1=O. The number of hydrogen-bond donors (Lipinski definition) is 0. The van der Waals surface area contributed by atoms with E-state index in [0.29, 0.717) is 40.4 Å². The summed E-state index contributed by atoms with van der Waals surface area (Å²) in [5.74, 6) is 0.581. The summed E-state index contributed by atoms with van der Waals surface area (Å²) in [7, 11) is 1.50. The van der Waals surface area contributed by atoms with E-state index in [1.165, 1.54) is 13.1 Å². The molecule has 0 fully saturated rings. The molecule has 1 aliphatic carbocycles. The van der Waals surface area contributed by atoms with Crippen molar-refractivity contribution in [3.05, 3.63) is 50.6 Å². The average Bonchev–Trinajstić information content (AvgIpc) is 2.87. The number of thiocarbonyl (C=S) groups is 1. The molecule has 0 unspecified atom stereocenters. The lowest BCUT2D eigenvalue weighted by molar-refractivity contribution is -0.115. The van der Waals surface area contributed by atoms with Crippen LogP contribution in [0.3, 0.4) is 0 Å². The summed E-state index contributed by atoms with van der Waals surface area (Å²) in [5.41, 5.74) is 1.22. The van der Waals surface area contributed by atoms with Gasteiger partial charge in [0, 0.05) is 31.5 Å². The lowest BCUT2D eigenvalue weighted by atomic mass is 10.0. The summed E-state index contributed by atoms with van der Waals surface area (Å²) >= 11 is 11.6. The number of aromatic nitrogens is 4. The topological polar surface area (TPSA) is 79.0 Å². The van der Waals surface area contributed by atoms with Crippen LogP contribution in [-0.4, -0.2) is 30.6 Å². The molecule has 0 spiro atoms. The zero-order valence-corrected chi connectivity index (χ0v) is 15.2. The van der Waals surface area contributed by atoms with Crippen LogP contribution in [0, 0.1) is 6.92 Å². The summed E-state index contributed by atoms with van der Waals surface area (Å²) in [6.07, 6.45) is 3.41. The quantitative estimate of drug-likeness (QED) is 0.762. The number of nitrogens with zero attached hydrogens (tertiary/aromatic N) is 4. The van der Waals surface area contributed by atoms with Crippen molar-refractivity contribution in [2.45, 2.75) is 26.2 Å². The normalized spacial score (nSPS) is 14.4. The van der Waals surface area contributed by atoms with Crippen LogP contribution in [0.1, 0.15) is 30.4 Å². The standard InChI is InChI=1S/C16H15ClN4O3S/c1-9-12(15(25)24-11-5-3-4-10(22)8-11)6-7-13(17)14(9)21-16(23)20(2)18-19-21/h6-8H,3-5H2,1-2H3. The van der Waals surface area contributed by atoms with Gasteiger partial charge in [0.1, 0.15) is 5.76 Å². The maximum absolute atomic E-state index is 12.1. The molecule has 9 heteroatoms. The Morgan fingerprint density at radius 3 is 2.68 bits per heavy atom. The fraction of sp³-hybridized carbons (Fsp3) is 0.312. The number of tetrazole rings is 1. The second-order valence-electron chi connectivity index (χ2n) is 5.69. The van der Waals surface area contributed by atoms with E-state index in [1.54, 1.807) is 19.1 Å². The van der Waals surface area contributed by atoms with Crippen molar-refractivity contribution in [1.82, 2.24) is 19.8 Å². The van der Waals surface area contributed by atoms with Crippen LogP contribution < -0.4 is 5.69 Å². The van der Waals surface area contributed by atoms with E-state index in [0.717, 1.165) is 15.8 Å². The molecule has 0 radical (unpaired) electrons. The number of rotatable bonds is 3. The molecular formula is C16H15ClN4O3S. The first-order valence-corrected chi connectivity index (χ1v) is 8.41. The molecule has 1 aromatic heterocycles. The zero-order chi connectivity index (χ0) is 18.1. The van der Waals surface area contributed by atoms with Gasteiger partial charge in [-0.2, -0.15) is 9.36 Å². The minimum atomic E-state index is -0.422. The summed E-state index contributed by atoms with van der Waals surface area (Å²) in [6, 6.07) is 3.34. The molecule has 0 aliphatic heterocycles. The predicted molar refractivity (Wildman–Crippen MR) is 96.1 cm³/mol. The van der Waals surface area contributed by atoms with Crippen LogP contribution in [0.4, 0.5) is 0 Å². The third-order valence-electron chi connectivity index (χ3n) is 3.93. The number of hydrogen-bond acceptors (Lipinski definition) is 6. The molecule has 0 atom stereocenters. The van der Waals surface area contributed by atoms with Gasteiger partial charge in [-0.25, -0.2) is 4.79 Å². The Labute approximate surface area is 153 Å². The highest BCUT2D eigenvalue weighted by molar-refractivity contribution is 7.80. The molecule has 0 saturated carbocycles. The van der Waals surface area contributed by atoms with E-state index in [2.05, 4.69) is 10.4 Å². The monoisotopic (exact) mass is 378 g/mol. The van der Waals surface area contributed by atoms with Crippen molar-refractivity contribution < 1.29 is 9.53 Å². The second-order valence-corrected chi connectivity index (χ2v) is 6.46. The van der Waals surface area contributed by atoms with Gasteiger partial charge < -0.3 is 4.74 Å². The van der Waals surface area contributed by atoms with Crippen molar-refractivity contribution in [3.63, 3.8) is 0 Å². The van der Waals surface area contributed by atoms with Gasteiger partial charge in [0.2, 0.25) is 0 Å². The van der Waals surface area contributed by atoms with Crippen LogP contribution in [0.2, 0.25) is 5.02 Å². The average molecular weight is 379 g/mol. The van der Waals surface area contributed by atoms with Gasteiger partial charge in [0.25, 0.3) is 0 Å². The predicted octanol–water partition coefficient (Wildman–Crippen LogP) is 2.26. The van der Waals surface area contributed by atoms with Crippen LogP contribution in [0.25, 0.3) is 5.69 Å². The van der Waals surface area contributed by atoms with Gasteiger partial charge >= 0.3 is 5.69 Å². The molecule has 1 heterocycles. The first-order chi connectivity index (χ1) is 11.9. The van der Waals surface area contributed by atoms with Crippen LogP contribution >= 0.6 is 23.8 Å². The number of allylic oxidation sites excluding steroid dienone is 2. The molecule has 0 bridgehead atoms. The first kappa shape index (κ1) is 17.5. The fourth-order valence-corrected chi connectivity index (χ4v) is 3.23. The summed E-state index contributed by atoms with van der Waals surface area (Å²) in [6.45, 7) is 1.77. The summed E-state index contributed by atoms with van der Waals surface area (Å²) in [5, 5.41) is 8.09. The van der Waals surface area contributed by atoms with Crippen molar-refractivity contribution in [3.8, 4) is 5.69 Å². The van der Waals surface area contributed by atoms with Gasteiger partial charge in [-0.05, 0) is 53.7 Å². The van der Waals surface area contributed by atoms with Gasteiger partial charge in [-0.3, -0.25) is 4.79 Å². The Morgan fingerprint density at radius 1 is 1.28 bits per heavy atom. The number of aryl methyl sites for hydroxylation is 1. The molecule has 0 N–H and O–H groups in total. The number of ketones is 1. The second kappa shape index (κ2) is 6.89. The molecule has 25 heavy (non-hydrogen) atoms.